The van der Waals surface area contributed by atoms with Crippen LogP contribution >= 0.6 is 11.8 Å². The highest BCUT2D eigenvalue weighted by Gasteiger charge is 2.17. The molecule has 0 spiro atoms. The second kappa shape index (κ2) is 7.66. The minimum atomic E-state index is 0.0163. The first-order valence-electron chi connectivity index (χ1n) is 7.93. The van der Waals surface area contributed by atoms with Gasteiger partial charge in [-0.05, 0) is 12.5 Å². The molecule has 1 fully saturated rings. The van der Waals surface area contributed by atoms with E-state index < -0.39 is 0 Å². The van der Waals surface area contributed by atoms with Crippen molar-refractivity contribution < 1.29 is 4.79 Å². The van der Waals surface area contributed by atoms with Gasteiger partial charge in [-0.2, -0.15) is 16.9 Å². The van der Waals surface area contributed by atoms with Gasteiger partial charge in [-0.25, -0.2) is 0 Å². The second-order valence-corrected chi connectivity index (χ2v) is 6.90. The number of carbonyl (C=O) groups is 1. The number of anilines is 1. The molecule has 0 radical (unpaired) electrons. The smallest absolute Gasteiger partial charge is 0.227 e. The fourth-order valence-electron chi connectivity index (χ4n) is 2.67. The average molecular weight is 330 g/mol. The van der Waals surface area contributed by atoms with Crippen LogP contribution in [0, 0.1) is 0 Å². The molecule has 2 unspecified atom stereocenters. The number of rotatable bonds is 5. The van der Waals surface area contributed by atoms with E-state index in [1.54, 1.807) is 0 Å². The Morgan fingerprint density at radius 3 is 3.00 bits per heavy atom. The van der Waals surface area contributed by atoms with Crippen molar-refractivity contribution >= 4 is 23.5 Å². The van der Waals surface area contributed by atoms with E-state index in [1.807, 2.05) is 46.9 Å². The van der Waals surface area contributed by atoms with E-state index in [9.17, 15) is 4.79 Å². The van der Waals surface area contributed by atoms with E-state index in [0.29, 0.717) is 12.2 Å². The summed E-state index contributed by atoms with van der Waals surface area (Å²) in [5, 5.41) is 10.7. The molecule has 1 aromatic heterocycles. The third-order valence-corrected chi connectivity index (χ3v) is 5.12. The van der Waals surface area contributed by atoms with Crippen molar-refractivity contribution in [3.8, 4) is 0 Å². The number of nitrogens with zero attached hydrogens (tertiary/aromatic N) is 2. The summed E-state index contributed by atoms with van der Waals surface area (Å²) in [7, 11) is 0. The van der Waals surface area contributed by atoms with E-state index in [0.717, 1.165) is 18.1 Å². The Hall–Kier alpha value is -1.79. The molecule has 1 aromatic carbocycles. The minimum absolute atomic E-state index is 0.0163. The first-order valence-corrected chi connectivity index (χ1v) is 9.09. The van der Waals surface area contributed by atoms with Crippen molar-refractivity contribution in [3.05, 3.63) is 48.2 Å². The molecule has 1 amide bonds. The second-order valence-electron chi connectivity index (χ2n) is 5.75. The van der Waals surface area contributed by atoms with E-state index in [4.69, 9.17) is 0 Å². The predicted octanol–water partition coefficient (Wildman–Crippen LogP) is 2.53. The lowest BCUT2D eigenvalue weighted by atomic mass is 10.1. The Morgan fingerprint density at radius 2 is 2.26 bits per heavy atom. The Labute approximate surface area is 140 Å². The number of hydrogen-bond donors (Lipinski definition) is 2. The highest BCUT2D eigenvalue weighted by molar-refractivity contribution is 7.99. The van der Waals surface area contributed by atoms with Gasteiger partial charge in [0.25, 0.3) is 0 Å². The molecule has 122 valence electrons. The highest BCUT2D eigenvalue weighted by Crippen LogP contribution is 2.18. The Kier molecular flexibility index (Phi) is 5.35. The zero-order chi connectivity index (χ0) is 16.1. The van der Waals surface area contributed by atoms with Crippen molar-refractivity contribution in [3.63, 3.8) is 0 Å². The van der Waals surface area contributed by atoms with Crippen LogP contribution in [0.15, 0.2) is 42.6 Å². The maximum absolute atomic E-state index is 12.1. The van der Waals surface area contributed by atoms with Crippen molar-refractivity contribution in [1.29, 1.82) is 0 Å². The van der Waals surface area contributed by atoms with E-state index in [-0.39, 0.29) is 18.0 Å². The zero-order valence-corrected chi connectivity index (χ0v) is 14.1. The molecular weight excluding hydrogens is 308 g/mol. The molecule has 2 aromatic rings. The fourth-order valence-corrected chi connectivity index (χ4v) is 3.62. The van der Waals surface area contributed by atoms with Gasteiger partial charge in [-0.1, -0.05) is 30.3 Å². The van der Waals surface area contributed by atoms with Crippen LogP contribution in [0.3, 0.4) is 0 Å². The number of aromatic nitrogens is 2. The third kappa shape index (κ3) is 4.36. The number of nitrogens with one attached hydrogen (secondary N) is 2. The highest BCUT2D eigenvalue weighted by atomic mass is 32.2. The lowest BCUT2D eigenvalue weighted by Gasteiger charge is -2.22. The predicted molar refractivity (Wildman–Crippen MR) is 94.8 cm³/mol. The van der Waals surface area contributed by atoms with Crippen LogP contribution in [0.5, 0.6) is 0 Å². The number of hydrogen-bond acceptors (Lipinski definition) is 4. The van der Waals surface area contributed by atoms with E-state index >= 15 is 0 Å². The standard InChI is InChI=1S/C17H22N4OS/c1-13(14-5-3-2-4-6-14)21-9-7-16(20-21)19-17(22)11-15-12-23-10-8-18-15/h2-7,9,13,15,18H,8,10-12H2,1H3,(H,19,20,22). The van der Waals surface area contributed by atoms with Crippen molar-refractivity contribution in [2.75, 3.05) is 23.4 Å². The molecule has 3 rings (SSSR count). The molecule has 0 bridgehead atoms. The van der Waals surface area contributed by atoms with E-state index in [1.165, 1.54) is 5.56 Å². The lowest BCUT2D eigenvalue weighted by molar-refractivity contribution is -0.116. The summed E-state index contributed by atoms with van der Waals surface area (Å²) in [5.74, 6) is 2.75. The van der Waals surface area contributed by atoms with Crippen LogP contribution in [-0.4, -0.2) is 39.8 Å². The topological polar surface area (TPSA) is 59.0 Å². The van der Waals surface area contributed by atoms with Crippen molar-refractivity contribution in [1.82, 2.24) is 15.1 Å². The van der Waals surface area contributed by atoms with Gasteiger partial charge in [-0.15, -0.1) is 0 Å². The van der Waals surface area contributed by atoms with Crippen LogP contribution in [0.4, 0.5) is 5.82 Å². The average Bonchev–Trinajstić information content (AvgIpc) is 3.04. The summed E-state index contributed by atoms with van der Waals surface area (Å²) < 4.78 is 1.87. The van der Waals surface area contributed by atoms with Gasteiger partial charge in [0.1, 0.15) is 0 Å². The zero-order valence-electron chi connectivity index (χ0n) is 13.2. The van der Waals surface area contributed by atoms with E-state index in [2.05, 4.69) is 34.8 Å². The van der Waals surface area contributed by atoms with Crippen LogP contribution in [0.2, 0.25) is 0 Å². The van der Waals surface area contributed by atoms with Crippen LogP contribution in [0.25, 0.3) is 0 Å². The molecule has 2 N–H and O–H groups in total. The Morgan fingerprint density at radius 1 is 1.43 bits per heavy atom. The van der Waals surface area contributed by atoms with Gasteiger partial charge in [0.05, 0.1) is 6.04 Å². The summed E-state index contributed by atoms with van der Waals surface area (Å²) in [5.41, 5.74) is 1.19. The molecule has 2 heterocycles. The molecule has 1 aliphatic rings. The molecule has 5 nitrogen and oxygen atoms in total. The summed E-state index contributed by atoms with van der Waals surface area (Å²) >= 11 is 1.89. The number of amides is 1. The Balaban J connectivity index is 1.57. The van der Waals surface area contributed by atoms with Gasteiger partial charge in [-0.3, -0.25) is 9.48 Å². The molecule has 0 aliphatic carbocycles. The molecule has 1 saturated heterocycles. The van der Waals surface area contributed by atoms with Gasteiger partial charge in [0.2, 0.25) is 5.91 Å². The van der Waals surface area contributed by atoms with Crippen LogP contribution in [-0.2, 0) is 4.79 Å². The van der Waals surface area contributed by atoms with Gasteiger partial charge < -0.3 is 10.6 Å². The molecule has 2 atom stereocenters. The number of carbonyl (C=O) groups excluding carboxylic acids is 1. The molecular formula is C17H22N4OS. The molecule has 6 heteroatoms. The summed E-state index contributed by atoms with van der Waals surface area (Å²) in [6, 6.07) is 12.5. The minimum Gasteiger partial charge on any atom is -0.312 e. The first-order chi connectivity index (χ1) is 11.2. The maximum Gasteiger partial charge on any atom is 0.227 e. The maximum atomic E-state index is 12.1. The molecule has 0 saturated carbocycles. The van der Waals surface area contributed by atoms with Crippen molar-refractivity contribution in [2.24, 2.45) is 0 Å². The van der Waals surface area contributed by atoms with Crippen LogP contribution in [0.1, 0.15) is 24.9 Å². The number of thioether (sulfide) groups is 1. The van der Waals surface area contributed by atoms with Gasteiger partial charge >= 0.3 is 0 Å². The van der Waals surface area contributed by atoms with Gasteiger partial charge in [0.15, 0.2) is 5.82 Å². The lowest BCUT2D eigenvalue weighted by Crippen LogP contribution is -2.39. The fraction of sp³-hybridized carbons (Fsp3) is 0.412. The van der Waals surface area contributed by atoms with Gasteiger partial charge in [0, 0.05) is 42.8 Å². The largest absolute Gasteiger partial charge is 0.312 e. The quantitative estimate of drug-likeness (QED) is 0.884. The summed E-state index contributed by atoms with van der Waals surface area (Å²) in [6.45, 7) is 3.07. The normalized spacial score (nSPS) is 19.3. The Bertz CT molecular complexity index is 637. The van der Waals surface area contributed by atoms with Crippen molar-refractivity contribution in [2.45, 2.75) is 25.4 Å². The SMILES string of the molecule is CC(c1ccccc1)n1ccc(NC(=O)CC2CSCCN2)n1. The summed E-state index contributed by atoms with van der Waals surface area (Å²) in [4.78, 5) is 12.1. The first kappa shape index (κ1) is 16.1. The summed E-state index contributed by atoms with van der Waals surface area (Å²) in [6.07, 6.45) is 2.40. The number of benzene rings is 1. The molecule has 23 heavy (non-hydrogen) atoms. The molecule has 1 aliphatic heterocycles. The monoisotopic (exact) mass is 330 g/mol. The third-order valence-electron chi connectivity index (χ3n) is 3.98. The van der Waals surface area contributed by atoms with Crippen LogP contribution < -0.4 is 10.6 Å².